The number of rotatable bonds is 3. The van der Waals surface area contributed by atoms with E-state index >= 15 is 0 Å². The van der Waals surface area contributed by atoms with Crippen LogP contribution < -0.4 is 5.73 Å². The molecule has 0 aromatic heterocycles. The molecule has 1 aromatic carbocycles. The van der Waals surface area contributed by atoms with Gasteiger partial charge in [-0.3, -0.25) is 14.9 Å². The van der Waals surface area contributed by atoms with Crippen molar-refractivity contribution < 1.29 is 19.6 Å². The van der Waals surface area contributed by atoms with Crippen LogP contribution in [0.15, 0.2) is 18.2 Å². The first kappa shape index (κ1) is 11.9. The Morgan fingerprint density at radius 2 is 2.25 bits per heavy atom. The second kappa shape index (κ2) is 4.58. The van der Waals surface area contributed by atoms with Crippen LogP contribution in [0, 0.1) is 10.1 Å². The maximum Gasteiger partial charge on any atom is 0.327 e. The Balaban J connectivity index is 3.12. The van der Waals surface area contributed by atoms with Crippen molar-refractivity contribution in [3.63, 3.8) is 0 Å². The molecule has 0 unspecified atom stereocenters. The summed E-state index contributed by atoms with van der Waals surface area (Å²) in [5, 5.41) is 19.7. The topological polar surface area (TPSA) is 116 Å². The van der Waals surface area contributed by atoms with Crippen molar-refractivity contribution >= 4 is 11.7 Å². The summed E-state index contributed by atoms with van der Waals surface area (Å²) < 4.78 is 4.40. The fourth-order valence-electron chi connectivity index (χ4n) is 1.14. The monoisotopic (exact) mass is 226 g/mol. The molecule has 1 rings (SSSR count). The molecule has 0 heterocycles. The lowest BCUT2D eigenvalue weighted by molar-refractivity contribution is -0.385. The number of carbonyl (C=O) groups excluding carboxylic acids is 1. The molecule has 0 aliphatic heterocycles. The molecule has 0 aliphatic rings. The number of nitrogens with zero attached hydrogens (tertiary/aromatic N) is 1. The van der Waals surface area contributed by atoms with Crippen molar-refractivity contribution in [2.24, 2.45) is 5.73 Å². The Labute approximate surface area is 90.6 Å². The molecule has 86 valence electrons. The van der Waals surface area contributed by atoms with Gasteiger partial charge in [-0.25, -0.2) is 0 Å². The number of benzene rings is 1. The predicted octanol–water partition coefficient (Wildman–Crippen LogP) is 0.473. The van der Waals surface area contributed by atoms with Crippen LogP contribution in [0.1, 0.15) is 11.6 Å². The summed E-state index contributed by atoms with van der Waals surface area (Å²) in [5.74, 6) is -1.19. The third kappa shape index (κ3) is 2.26. The van der Waals surface area contributed by atoms with Crippen molar-refractivity contribution in [1.82, 2.24) is 0 Å². The van der Waals surface area contributed by atoms with E-state index in [1.807, 2.05) is 0 Å². The van der Waals surface area contributed by atoms with E-state index in [9.17, 15) is 20.0 Å². The number of carbonyl (C=O) groups is 1. The minimum Gasteiger partial charge on any atom is -0.502 e. The van der Waals surface area contributed by atoms with Gasteiger partial charge in [0.2, 0.25) is 0 Å². The number of methoxy groups -OCH3 is 1. The minimum absolute atomic E-state index is 0.205. The second-order valence-electron chi connectivity index (χ2n) is 3.01. The van der Waals surface area contributed by atoms with Gasteiger partial charge < -0.3 is 15.6 Å². The molecule has 0 amide bonds. The van der Waals surface area contributed by atoms with Gasteiger partial charge in [0, 0.05) is 6.07 Å². The first-order chi connectivity index (χ1) is 7.47. The molecular weight excluding hydrogens is 216 g/mol. The molecule has 1 aromatic rings. The Hall–Kier alpha value is -2.15. The van der Waals surface area contributed by atoms with Crippen LogP contribution in [0.25, 0.3) is 0 Å². The zero-order valence-corrected chi connectivity index (χ0v) is 8.41. The number of nitro groups is 1. The smallest absolute Gasteiger partial charge is 0.327 e. The largest absolute Gasteiger partial charge is 0.502 e. The Morgan fingerprint density at radius 1 is 1.62 bits per heavy atom. The Kier molecular flexibility index (Phi) is 3.41. The molecule has 0 radical (unpaired) electrons. The van der Waals surface area contributed by atoms with Crippen molar-refractivity contribution in [3.05, 3.63) is 33.9 Å². The molecule has 7 nitrogen and oxygen atoms in total. The van der Waals surface area contributed by atoms with Crippen LogP contribution in [0.5, 0.6) is 5.75 Å². The highest BCUT2D eigenvalue weighted by molar-refractivity contribution is 5.77. The fourth-order valence-corrected chi connectivity index (χ4v) is 1.14. The predicted molar refractivity (Wildman–Crippen MR) is 53.7 cm³/mol. The number of hydrogen-bond acceptors (Lipinski definition) is 6. The van der Waals surface area contributed by atoms with Gasteiger partial charge in [0.05, 0.1) is 12.0 Å². The molecule has 1 atom stereocenters. The lowest BCUT2D eigenvalue weighted by Gasteiger charge is -2.09. The highest BCUT2D eigenvalue weighted by atomic mass is 16.6. The fraction of sp³-hybridized carbons (Fsp3) is 0.222. The van der Waals surface area contributed by atoms with Crippen molar-refractivity contribution in [3.8, 4) is 5.75 Å². The Morgan fingerprint density at radius 3 is 2.75 bits per heavy atom. The van der Waals surface area contributed by atoms with E-state index < -0.39 is 28.4 Å². The summed E-state index contributed by atoms with van der Waals surface area (Å²) in [6.07, 6.45) is 0. The molecule has 0 bridgehead atoms. The van der Waals surface area contributed by atoms with Gasteiger partial charge in [0.25, 0.3) is 0 Å². The third-order valence-corrected chi connectivity index (χ3v) is 2.01. The Bertz CT molecular complexity index is 432. The summed E-state index contributed by atoms with van der Waals surface area (Å²) in [4.78, 5) is 20.9. The van der Waals surface area contributed by atoms with Crippen LogP contribution in [-0.4, -0.2) is 23.1 Å². The lowest BCUT2D eigenvalue weighted by atomic mass is 10.1. The van der Waals surface area contributed by atoms with E-state index in [2.05, 4.69) is 4.74 Å². The number of ether oxygens (including phenoxy) is 1. The minimum atomic E-state index is -1.11. The van der Waals surface area contributed by atoms with Crippen LogP contribution in [0.3, 0.4) is 0 Å². The summed E-state index contributed by atoms with van der Waals surface area (Å²) in [7, 11) is 1.16. The van der Waals surface area contributed by atoms with Gasteiger partial charge >= 0.3 is 11.7 Å². The van der Waals surface area contributed by atoms with Crippen molar-refractivity contribution in [2.45, 2.75) is 6.04 Å². The van der Waals surface area contributed by atoms with E-state index in [4.69, 9.17) is 5.73 Å². The standard InChI is InChI=1S/C9H10N2O5/c1-16-9(13)8(10)5-2-3-7(12)6(4-5)11(14)15/h2-4,8,12H,10H2,1H3/t8-/m1/s1. The summed E-state index contributed by atoms with van der Waals surface area (Å²) in [6.45, 7) is 0. The number of esters is 1. The first-order valence-corrected chi connectivity index (χ1v) is 4.28. The number of phenols is 1. The van der Waals surface area contributed by atoms with Gasteiger partial charge in [-0.15, -0.1) is 0 Å². The zero-order valence-electron chi connectivity index (χ0n) is 8.41. The number of nitrogens with two attached hydrogens (primary N) is 1. The van der Waals surface area contributed by atoms with Crippen LogP contribution in [-0.2, 0) is 9.53 Å². The van der Waals surface area contributed by atoms with Crippen molar-refractivity contribution in [1.29, 1.82) is 0 Å². The molecular formula is C9H10N2O5. The highest BCUT2D eigenvalue weighted by Gasteiger charge is 2.21. The number of phenolic OH excluding ortho intramolecular Hbond substituents is 1. The number of hydrogen-bond donors (Lipinski definition) is 2. The summed E-state index contributed by atoms with van der Waals surface area (Å²) in [5.41, 5.74) is 5.19. The summed E-state index contributed by atoms with van der Waals surface area (Å²) >= 11 is 0. The van der Waals surface area contributed by atoms with Gasteiger partial charge in [0.1, 0.15) is 6.04 Å². The molecule has 0 aliphatic carbocycles. The van der Waals surface area contributed by atoms with Gasteiger partial charge in [-0.1, -0.05) is 6.07 Å². The van der Waals surface area contributed by atoms with Gasteiger partial charge in [0.15, 0.2) is 5.75 Å². The van der Waals surface area contributed by atoms with E-state index in [0.717, 1.165) is 19.2 Å². The molecule has 16 heavy (non-hydrogen) atoms. The second-order valence-corrected chi connectivity index (χ2v) is 3.01. The maximum absolute atomic E-state index is 11.1. The van der Waals surface area contributed by atoms with Crippen LogP contribution >= 0.6 is 0 Å². The number of aromatic hydroxyl groups is 1. The molecule has 0 saturated carbocycles. The molecule has 0 saturated heterocycles. The highest BCUT2D eigenvalue weighted by Crippen LogP contribution is 2.28. The van der Waals surface area contributed by atoms with E-state index in [1.165, 1.54) is 6.07 Å². The zero-order chi connectivity index (χ0) is 12.3. The average Bonchev–Trinajstić information content (AvgIpc) is 2.27. The maximum atomic E-state index is 11.1. The SMILES string of the molecule is COC(=O)[C@H](N)c1ccc(O)c([N+](=O)[O-])c1. The molecule has 7 heteroatoms. The van der Waals surface area contributed by atoms with E-state index in [0.29, 0.717) is 0 Å². The third-order valence-electron chi connectivity index (χ3n) is 2.01. The quantitative estimate of drug-likeness (QED) is 0.439. The normalized spacial score (nSPS) is 11.9. The first-order valence-electron chi connectivity index (χ1n) is 4.28. The average molecular weight is 226 g/mol. The lowest BCUT2D eigenvalue weighted by Crippen LogP contribution is -2.22. The van der Waals surface area contributed by atoms with Crippen LogP contribution in [0.2, 0.25) is 0 Å². The molecule has 3 N–H and O–H groups in total. The number of nitro benzene ring substituents is 1. The summed E-state index contributed by atoms with van der Waals surface area (Å²) in [6, 6.07) is 2.36. The van der Waals surface area contributed by atoms with Gasteiger partial charge in [-0.2, -0.15) is 0 Å². The van der Waals surface area contributed by atoms with E-state index in [1.54, 1.807) is 0 Å². The molecule has 0 spiro atoms. The van der Waals surface area contributed by atoms with Gasteiger partial charge in [-0.05, 0) is 11.6 Å². The van der Waals surface area contributed by atoms with E-state index in [-0.39, 0.29) is 5.56 Å². The molecule has 0 fully saturated rings. The van der Waals surface area contributed by atoms with Crippen molar-refractivity contribution in [2.75, 3.05) is 7.11 Å². The van der Waals surface area contributed by atoms with Crippen LogP contribution in [0.4, 0.5) is 5.69 Å².